The number of nitrogens with two attached hydrogens (primary N) is 7. The Kier molecular flexibility index (Phi) is 24.6. The molecule has 0 bridgehead atoms. The first-order chi connectivity index (χ1) is 76.2. The lowest BCUT2D eigenvalue weighted by molar-refractivity contribution is -0.133. The molecule has 14 aromatic rings. The molecule has 21 rings (SSSR count). The van der Waals surface area contributed by atoms with Gasteiger partial charge in [0.25, 0.3) is 38.9 Å². The average molecular weight is 2010 g/mol. The lowest BCUT2D eigenvalue weighted by Crippen LogP contribution is -2.36. The monoisotopic (exact) mass is 2010 g/mol. The molecule has 7 heterocycles. The minimum absolute atomic E-state index is 0.0225. The molecule has 7 fully saturated rings. The van der Waals surface area contributed by atoms with E-state index in [0.29, 0.717) is 55.4 Å². The van der Waals surface area contributed by atoms with Gasteiger partial charge < -0.3 is 40.1 Å². The first-order valence-corrected chi connectivity index (χ1v) is 46.1. The second kappa shape index (κ2) is 43.0. The molecule has 0 aliphatic heterocycles. The van der Waals surface area contributed by atoms with Crippen molar-refractivity contribution in [1.29, 1.82) is 0 Å². The highest BCUT2D eigenvalue weighted by Gasteiger charge is 2.39. The van der Waals surface area contributed by atoms with Crippen LogP contribution in [0.5, 0.6) is 0 Å². The van der Waals surface area contributed by atoms with Gasteiger partial charge >= 0.3 is 0 Å². The highest BCUT2D eigenvalue weighted by atomic mass is 16.2. The summed E-state index contributed by atoms with van der Waals surface area (Å²) in [4.78, 5) is 285. The van der Waals surface area contributed by atoms with Gasteiger partial charge in [-0.05, 0) is 178 Å². The molecular formula is C105H105N21O21. The van der Waals surface area contributed by atoms with E-state index in [1.54, 1.807) is 87.5 Å². The van der Waals surface area contributed by atoms with Crippen LogP contribution >= 0.6 is 0 Å². The summed E-state index contributed by atoms with van der Waals surface area (Å²) in [6.45, 7) is -6.18. The fourth-order valence-electron chi connectivity index (χ4n) is 18.7. The lowest BCUT2D eigenvalue weighted by atomic mass is 9.92. The molecule has 42 heteroatoms. The maximum atomic E-state index is 13.0. The molecule has 0 spiro atoms. The van der Waals surface area contributed by atoms with Crippen molar-refractivity contribution >= 4 is 197 Å². The van der Waals surface area contributed by atoms with Crippen molar-refractivity contribution in [2.75, 3.05) is 40.1 Å². The number of anilines is 7. The third-order valence-electron chi connectivity index (χ3n) is 25.7. The minimum atomic E-state index is -2.83. The van der Waals surface area contributed by atoms with Crippen LogP contribution in [0.2, 0.25) is 0 Å². The van der Waals surface area contributed by atoms with E-state index in [0.717, 1.165) is 18.3 Å². The highest BCUT2D eigenvalue weighted by Crippen LogP contribution is 2.35. The Balaban J connectivity index is 0.000000140. The highest BCUT2D eigenvalue weighted by molar-refractivity contribution is 6.09. The van der Waals surface area contributed by atoms with Crippen molar-refractivity contribution in [1.82, 2.24) is 66.9 Å². The number of Topliss-reactive ketones (excluding diaryl/α,β-unsaturated/α-hetero) is 14. The van der Waals surface area contributed by atoms with Gasteiger partial charge in [0, 0.05) is 101 Å². The number of ketones is 14. The molecule has 3 unspecified atom stereocenters. The number of rotatable bonds is 7. The van der Waals surface area contributed by atoms with Crippen molar-refractivity contribution in [2.24, 2.45) is 0 Å². The second-order valence-corrected chi connectivity index (χ2v) is 35.5. The Bertz CT molecular complexity index is 8830. The normalized spacial score (nSPS) is 23.1. The van der Waals surface area contributed by atoms with Gasteiger partial charge in [0.2, 0.25) is 0 Å². The van der Waals surface area contributed by atoms with Gasteiger partial charge in [-0.25, -0.2) is 34.9 Å². The van der Waals surface area contributed by atoms with Crippen LogP contribution in [0.4, 0.5) is 39.8 Å². The van der Waals surface area contributed by atoms with Crippen LogP contribution in [0.1, 0.15) is 240 Å². The van der Waals surface area contributed by atoms with Crippen molar-refractivity contribution < 1.29 is 89.1 Å². The summed E-state index contributed by atoms with van der Waals surface area (Å²) in [5, 5.41) is 0.783. The largest absolute Gasteiger partial charge is 0.398 e. The van der Waals surface area contributed by atoms with E-state index in [4.69, 9.17) is 62.1 Å². The third-order valence-corrected chi connectivity index (χ3v) is 25.7. The molecule has 7 saturated carbocycles. The number of nitrogens with zero attached hydrogens (tertiary/aromatic N) is 14. The summed E-state index contributed by atoms with van der Waals surface area (Å²) in [5.41, 5.74) is 39.7. The molecule has 7 atom stereocenters. The SMILES string of the molecule is Cc1nc2cccc(N)c2c(=O)n1[C@H]1CCC(=O)CC1=O.[2H]C([2H])([2H])c1nc2cccc(N)c2c(=O)n1C1([2H])CCC(=O)CC1=O.[2H]C([2H])([2H])c1nc2cccc(N)c2c(=O)n1C1CCC(=O)CC1=O.[2H]C([2H])([2H])c1nc2cccc(N)c2c(=O)n1[C@@]1([2H])CCC(=O)CC1=O.[2H]C([2H])([2H])c1nc2cccc(N)c2c(=O)n1[C@H]1CCC(=O)CC1=O.[2H]C1(n2c(C)nc3cccc(N)c3c2=O)CCC(=O)CC1=O.[2H][C@]1(n2c(C)nc3cccc(N)c3c2=O)CCC(=O)CC1=O. The van der Waals surface area contributed by atoms with Crippen LogP contribution < -0.4 is 79.1 Å². The number of aryl methyl sites for hydroxylation is 7. The van der Waals surface area contributed by atoms with Gasteiger partial charge in [-0.15, -0.1) is 0 Å². The van der Waals surface area contributed by atoms with Crippen LogP contribution in [0.3, 0.4) is 0 Å². The van der Waals surface area contributed by atoms with E-state index in [1.807, 2.05) is 0 Å². The molecular weight excluding hydrogens is 1890 g/mol. The van der Waals surface area contributed by atoms with Crippen molar-refractivity contribution in [3.8, 4) is 0 Å². The molecule has 7 aliphatic carbocycles. The first kappa shape index (κ1) is 84.1. The molecule has 756 valence electrons. The summed E-state index contributed by atoms with van der Waals surface area (Å²) in [5.74, 6) is -6.83. The molecule has 7 aromatic carbocycles. The Labute approximate surface area is 855 Å². The van der Waals surface area contributed by atoms with E-state index in [-0.39, 0.29) is 261 Å². The Morgan fingerprint density at radius 2 is 0.367 bits per heavy atom. The number of fused-ring (bicyclic) bond motifs is 7. The number of nitrogen functional groups attached to an aromatic ring is 7. The van der Waals surface area contributed by atoms with E-state index in [2.05, 4.69) is 34.9 Å². The molecule has 7 aliphatic rings. The molecule has 147 heavy (non-hydrogen) atoms. The molecule has 42 nitrogen and oxygen atoms in total. The number of benzene rings is 7. The molecule has 0 saturated heterocycles. The minimum Gasteiger partial charge on any atom is -0.398 e. The van der Waals surface area contributed by atoms with E-state index >= 15 is 0 Å². The maximum Gasteiger partial charge on any atom is 0.264 e. The quantitative estimate of drug-likeness (QED) is 0.0585. The van der Waals surface area contributed by atoms with Gasteiger partial charge in [-0.2, -0.15) is 0 Å². The van der Waals surface area contributed by atoms with Gasteiger partial charge in [-0.3, -0.25) is 133 Å². The first-order valence-electron chi connectivity index (χ1n) is 54.1. The van der Waals surface area contributed by atoms with Gasteiger partial charge in [0.1, 0.15) is 81.3 Å². The van der Waals surface area contributed by atoms with Crippen LogP contribution in [0, 0.1) is 48.2 Å². The van der Waals surface area contributed by atoms with Crippen LogP contribution in [-0.4, -0.2) is 148 Å². The average Bonchev–Trinajstić information content (AvgIpc) is 0.723. The molecule has 0 radical (unpaired) electrons. The summed E-state index contributed by atoms with van der Waals surface area (Å²) in [7, 11) is 0. The molecule has 14 N–H and O–H groups in total. The summed E-state index contributed by atoms with van der Waals surface area (Å²) < 4.78 is 132. The van der Waals surface area contributed by atoms with Gasteiger partial charge in [-0.1, -0.05) is 42.5 Å². The van der Waals surface area contributed by atoms with Crippen LogP contribution in [0.15, 0.2) is 161 Å². The fourth-order valence-corrected chi connectivity index (χ4v) is 18.7. The predicted octanol–water partition coefficient (Wildman–Crippen LogP) is 8.05. The topological polar surface area (TPSA) is 665 Å². The molecule has 0 amide bonds. The number of aromatic nitrogens is 14. The van der Waals surface area contributed by atoms with Crippen molar-refractivity contribution in [2.45, 2.75) is 225 Å². The van der Waals surface area contributed by atoms with E-state index < -0.39 is 174 Å². The number of carbonyl (C=O) groups excluding carboxylic acids is 14. The predicted molar refractivity (Wildman–Crippen MR) is 546 cm³/mol. The summed E-state index contributed by atoms with van der Waals surface area (Å²) in [6.07, 6.45) is -1.94. The standard InChI is InChI=1S/7C15H15N3O3/c7*1-8-17-11-4-2-3-10(16)14(11)15(21)18(8)12-6-5-9(19)7-13(12)20/h7*2-4,12H,5-7,16H2,1H3/t4*12-;;;/m0000.../s1/i1D3,12D;12D;1D3;;1D3,12D;12D;1D3. The van der Waals surface area contributed by atoms with Gasteiger partial charge in [0.05, 0.1) is 169 Å². The Hall–Kier alpha value is -17.5. The summed E-state index contributed by atoms with van der Waals surface area (Å²) >= 11 is 0. The number of hydrogen-bond acceptors (Lipinski definition) is 35. The summed E-state index contributed by atoms with van der Waals surface area (Å²) in [6, 6.07) is 22.3. The fraction of sp³-hybridized carbons (Fsp3) is 0.333. The van der Waals surface area contributed by atoms with Crippen LogP contribution in [-0.2, 0) is 67.1 Å². The number of hydrogen-bond donors (Lipinski definition) is 7. The maximum absolute atomic E-state index is 13.0. The second-order valence-electron chi connectivity index (χ2n) is 35.5. The zero-order valence-corrected chi connectivity index (χ0v) is 79.1. The lowest BCUT2D eigenvalue weighted by Gasteiger charge is -2.24. The zero-order valence-electron chi connectivity index (χ0n) is 95.1. The zero-order chi connectivity index (χ0) is 120. The smallest absolute Gasteiger partial charge is 0.264 e. The van der Waals surface area contributed by atoms with Crippen LogP contribution in [0.25, 0.3) is 76.3 Å². The Morgan fingerprint density at radius 1 is 0.218 bits per heavy atom. The third kappa shape index (κ3) is 21.2. The van der Waals surface area contributed by atoms with Gasteiger partial charge in [0.15, 0.2) is 40.5 Å². The molecule has 7 aromatic heterocycles. The Morgan fingerprint density at radius 3 is 0.551 bits per heavy atom. The van der Waals surface area contributed by atoms with E-state index in [9.17, 15) is 101 Å². The van der Waals surface area contributed by atoms with E-state index in [1.165, 1.54) is 65.2 Å². The number of carbonyl (C=O) groups is 14. The van der Waals surface area contributed by atoms with Crippen molar-refractivity contribution in [3.63, 3.8) is 0 Å². The van der Waals surface area contributed by atoms with Crippen molar-refractivity contribution in [3.05, 3.63) is 241 Å².